The van der Waals surface area contributed by atoms with Crippen LogP contribution in [0.4, 0.5) is 5.69 Å². The second kappa shape index (κ2) is 7.97. The average Bonchev–Trinajstić information content (AvgIpc) is 2.99. The summed E-state index contributed by atoms with van der Waals surface area (Å²) in [4.78, 5) is 24.6. The van der Waals surface area contributed by atoms with E-state index in [9.17, 15) is 9.59 Å². The van der Waals surface area contributed by atoms with Crippen molar-refractivity contribution in [3.8, 4) is 0 Å². The quantitative estimate of drug-likeness (QED) is 0.509. The molecule has 0 aliphatic heterocycles. The first kappa shape index (κ1) is 17.9. The van der Waals surface area contributed by atoms with E-state index < -0.39 is 0 Å². The van der Waals surface area contributed by atoms with Crippen LogP contribution >= 0.6 is 11.3 Å². The highest BCUT2D eigenvalue weighted by Crippen LogP contribution is 2.31. The van der Waals surface area contributed by atoms with Crippen molar-refractivity contribution in [1.29, 1.82) is 0 Å². The molecule has 3 aromatic rings. The molecule has 5 heteroatoms. The summed E-state index contributed by atoms with van der Waals surface area (Å²) < 4.78 is 5.95. The number of nitrogens with one attached hydrogen (secondary N) is 1. The molecule has 132 valence electrons. The Bertz CT molecular complexity index is 971. The van der Waals surface area contributed by atoms with Crippen LogP contribution in [0.1, 0.15) is 27.7 Å². The van der Waals surface area contributed by atoms with Gasteiger partial charge in [-0.3, -0.25) is 4.79 Å². The number of hydrogen-bond donors (Lipinski definition) is 1. The topological polar surface area (TPSA) is 55.4 Å². The zero-order valence-electron chi connectivity index (χ0n) is 14.6. The number of carbonyl (C=O) groups excluding carboxylic acids is 2. The van der Waals surface area contributed by atoms with Crippen molar-refractivity contribution in [3.05, 3.63) is 70.6 Å². The minimum absolute atomic E-state index is 0.112. The van der Waals surface area contributed by atoms with Gasteiger partial charge in [-0.1, -0.05) is 30.3 Å². The van der Waals surface area contributed by atoms with Crippen molar-refractivity contribution in [2.75, 3.05) is 11.9 Å². The Kier molecular flexibility index (Phi) is 5.49. The molecule has 0 aliphatic rings. The fraction of sp³-hybridized carbons (Fsp3) is 0.143. The lowest BCUT2D eigenvalue weighted by atomic mass is 10.1. The number of amides is 1. The zero-order chi connectivity index (χ0) is 18.5. The van der Waals surface area contributed by atoms with Crippen LogP contribution in [-0.2, 0) is 9.53 Å². The third-order valence-corrected chi connectivity index (χ3v) is 5.19. The van der Waals surface area contributed by atoms with E-state index in [1.807, 2.05) is 55.5 Å². The van der Waals surface area contributed by atoms with Crippen LogP contribution in [-0.4, -0.2) is 18.5 Å². The fourth-order valence-electron chi connectivity index (χ4n) is 2.61. The summed E-state index contributed by atoms with van der Waals surface area (Å²) in [6.07, 6.45) is 3.07. The van der Waals surface area contributed by atoms with Crippen LogP contribution < -0.4 is 5.32 Å². The highest BCUT2D eigenvalue weighted by atomic mass is 32.1. The van der Waals surface area contributed by atoms with Gasteiger partial charge in [0.05, 0.1) is 11.5 Å². The summed E-state index contributed by atoms with van der Waals surface area (Å²) in [7, 11) is 0. The molecule has 0 saturated heterocycles. The number of fused-ring (bicyclic) bond motifs is 1. The van der Waals surface area contributed by atoms with Gasteiger partial charge in [0.1, 0.15) is 0 Å². The number of esters is 1. The van der Waals surface area contributed by atoms with Crippen LogP contribution in [0.15, 0.2) is 54.6 Å². The second-order valence-electron chi connectivity index (χ2n) is 5.71. The molecule has 0 saturated carbocycles. The average molecular weight is 365 g/mol. The predicted molar refractivity (Wildman–Crippen MR) is 107 cm³/mol. The second-order valence-corrected chi connectivity index (χ2v) is 6.77. The molecule has 1 amide bonds. The monoisotopic (exact) mass is 365 g/mol. The Morgan fingerprint density at radius 2 is 1.85 bits per heavy atom. The summed E-state index contributed by atoms with van der Waals surface area (Å²) in [5.74, 6) is -0.483. The van der Waals surface area contributed by atoms with E-state index in [-0.39, 0.29) is 11.9 Å². The van der Waals surface area contributed by atoms with Gasteiger partial charge < -0.3 is 10.1 Å². The van der Waals surface area contributed by atoms with Crippen molar-refractivity contribution < 1.29 is 14.3 Å². The van der Waals surface area contributed by atoms with E-state index in [0.717, 1.165) is 26.1 Å². The number of rotatable bonds is 5. The summed E-state index contributed by atoms with van der Waals surface area (Å²) >= 11 is 1.50. The minimum atomic E-state index is -0.370. The molecule has 0 atom stereocenters. The molecule has 4 nitrogen and oxygen atoms in total. The lowest BCUT2D eigenvalue weighted by Crippen LogP contribution is -2.11. The largest absolute Gasteiger partial charge is 0.463 e. The maximum atomic E-state index is 12.6. The highest BCUT2D eigenvalue weighted by Gasteiger charge is 2.15. The molecular formula is C21H19NO3S. The summed E-state index contributed by atoms with van der Waals surface area (Å²) in [6, 6.07) is 15.3. The molecule has 1 N–H and O–H groups in total. The first-order valence-electron chi connectivity index (χ1n) is 8.33. The molecule has 0 spiro atoms. The van der Waals surface area contributed by atoms with Crippen LogP contribution in [0.5, 0.6) is 0 Å². The van der Waals surface area contributed by atoms with Crippen molar-refractivity contribution in [2.45, 2.75) is 13.8 Å². The van der Waals surface area contributed by atoms with Gasteiger partial charge in [-0.25, -0.2) is 4.79 Å². The molecule has 1 heterocycles. The van der Waals surface area contributed by atoms with E-state index in [1.54, 1.807) is 13.0 Å². The van der Waals surface area contributed by atoms with Crippen LogP contribution in [0.2, 0.25) is 0 Å². The van der Waals surface area contributed by atoms with E-state index in [1.165, 1.54) is 17.4 Å². The van der Waals surface area contributed by atoms with Crippen LogP contribution in [0.25, 0.3) is 16.2 Å². The van der Waals surface area contributed by atoms with Gasteiger partial charge in [0.2, 0.25) is 0 Å². The predicted octanol–water partition coefficient (Wildman–Crippen LogP) is 5.04. The molecule has 0 bridgehead atoms. The molecular weight excluding hydrogens is 346 g/mol. The first-order valence-corrected chi connectivity index (χ1v) is 9.14. The summed E-state index contributed by atoms with van der Waals surface area (Å²) in [5.41, 5.74) is 2.56. The SMILES string of the molecule is CCOC(=O)/C=C/c1ccc(NC(=O)c2sc3ccccc3c2C)cc1. The van der Waals surface area contributed by atoms with E-state index >= 15 is 0 Å². The third kappa shape index (κ3) is 4.00. The fourth-order valence-corrected chi connectivity index (χ4v) is 3.72. The lowest BCUT2D eigenvalue weighted by molar-refractivity contribution is -0.137. The molecule has 2 aromatic carbocycles. The van der Waals surface area contributed by atoms with Crippen molar-refractivity contribution in [2.24, 2.45) is 0 Å². The number of carbonyl (C=O) groups is 2. The summed E-state index contributed by atoms with van der Waals surface area (Å²) in [6.45, 7) is 4.09. The van der Waals surface area contributed by atoms with Gasteiger partial charge in [0.15, 0.2) is 0 Å². The van der Waals surface area contributed by atoms with Gasteiger partial charge in [-0.15, -0.1) is 11.3 Å². The Morgan fingerprint density at radius 3 is 2.54 bits per heavy atom. The number of benzene rings is 2. The zero-order valence-corrected chi connectivity index (χ0v) is 15.4. The smallest absolute Gasteiger partial charge is 0.330 e. The van der Waals surface area contributed by atoms with Crippen molar-refractivity contribution >= 4 is 45.1 Å². The molecule has 26 heavy (non-hydrogen) atoms. The Hall–Kier alpha value is -2.92. The molecule has 0 fully saturated rings. The molecule has 0 radical (unpaired) electrons. The summed E-state index contributed by atoms with van der Waals surface area (Å²) in [5, 5.41) is 4.04. The Morgan fingerprint density at radius 1 is 1.12 bits per heavy atom. The molecule has 3 rings (SSSR count). The third-order valence-electron chi connectivity index (χ3n) is 3.92. The molecule has 0 aliphatic carbocycles. The number of ether oxygens (including phenoxy) is 1. The van der Waals surface area contributed by atoms with Gasteiger partial charge >= 0.3 is 5.97 Å². The number of thiophene rings is 1. The first-order chi connectivity index (χ1) is 12.6. The molecule has 1 aromatic heterocycles. The number of hydrogen-bond acceptors (Lipinski definition) is 4. The van der Waals surface area contributed by atoms with Gasteiger partial charge in [-0.05, 0) is 54.6 Å². The normalized spacial score (nSPS) is 11.0. The van der Waals surface area contributed by atoms with Crippen molar-refractivity contribution in [3.63, 3.8) is 0 Å². The Balaban J connectivity index is 1.71. The number of aryl methyl sites for hydroxylation is 1. The minimum Gasteiger partial charge on any atom is -0.463 e. The van der Waals surface area contributed by atoms with Gasteiger partial charge in [0.25, 0.3) is 5.91 Å². The van der Waals surface area contributed by atoms with Gasteiger partial charge in [0, 0.05) is 16.5 Å². The lowest BCUT2D eigenvalue weighted by Gasteiger charge is -2.05. The van der Waals surface area contributed by atoms with E-state index in [0.29, 0.717) is 12.3 Å². The molecule has 0 unspecified atom stereocenters. The number of anilines is 1. The van der Waals surface area contributed by atoms with E-state index in [4.69, 9.17) is 4.74 Å². The maximum Gasteiger partial charge on any atom is 0.330 e. The van der Waals surface area contributed by atoms with Gasteiger partial charge in [-0.2, -0.15) is 0 Å². The van der Waals surface area contributed by atoms with E-state index in [2.05, 4.69) is 5.32 Å². The standard InChI is InChI=1S/C21H19NO3S/c1-3-25-19(23)13-10-15-8-11-16(12-9-15)22-21(24)20-14(2)17-6-4-5-7-18(17)26-20/h4-13H,3H2,1-2H3,(H,22,24)/b13-10+. The highest BCUT2D eigenvalue weighted by molar-refractivity contribution is 7.21. The van der Waals surface area contributed by atoms with Crippen molar-refractivity contribution in [1.82, 2.24) is 0 Å². The van der Waals surface area contributed by atoms with Crippen LogP contribution in [0.3, 0.4) is 0 Å². The maximum absolute atomic E-state index is 12.6. The Labute approximate surface area is 156 Å². The van der Waals surface area contributed by atoms with Crippen LogP contribution in [0, 0.1) is 6.92 Å².